The number of benzene rings is 2. The fourth-order valence-corrected chi connectivity index (χ4v) is 3.38. The summed E-state index contributed by atoms with van der Waals surface area (Å²) < 4.78 is 7.44. The van der Waals surface area contributed by atoms with Crippen LogP contribution in [0.25, 0.3) is 22.1 Å². The quantitative estimate of drug-likeness (QED) is 0.474. The Hall–Kier alpha value is -4.00. The molecule has 3 aromatic heterocycles. The van der Waals surface area contributed by atoms with E-state index >= 15 is 0 Å². The van der Waals surface area contributed by atoms with E-state index in [1.165, 1.54) is 0 Å². The summed E-state index contributed by atoms with van der Waals surface area (Å²) in [5, 5.41) is 8.14. The summed E-state index contributed by atoms with van der Waals surface area (Å²) in [5.74, 6) is 0.439. The number of oxazole rings is 1. The summed E-state index contributed by atoms with van der Waals surface area (Å²) in [6.45, 7) is 2.61. The standard InChI is InChI=1S/C23H19N5O2/c1-2-21-27-19-11-18(8-9-20(19)30-21)26-23(29)17-10-16-13-25-28(22(16)24-12-17)14-15-6-4-3-5-7-15/h3-13H,2,14H2,1H3,(H,26,29). The number of nitrogens with one attached hydrogen (secondary N) is 1. The molecule has 0 radical (unpaired) electrons. The van der Waals surface area contributed by atoms with Gasteiger partial charge in [0.15, 0.2) is 17.1 Å². The lowest BCUT2D eigenvalue weighted by molar-refractivity contribution is 0.102. The Morgan fingerprint density at radius 3 is 2.80 bits per heavy atom. The molecule has 0 aliphatic rings. The molecule has 0 atom stereocenters. The van der Waals surface area contributed by atoms with Gasteiger partial charge in [-0.05, 0) is 29.8 Å². The van der Waals surface area contributed by atoms with Crippen molar-refractivity contribution in [2.24, 2.45) is 0 Å². The third-order valence-electron chi connectivity index (χ3n) is 4.91. The molecule has 0 aliphatic carbocycles. The lowest BCUT2D eigenvalue weighted by Crippen LogP contribution is -2.12. The fraction of sp³-hybridized carbons (Fsp3) is 0.130. The largest absolute Gasteiger partial charge is 0.441 e. The van der Waals surface area contributed by atoms with Crippen molar-refractivity contribution in [1.29, 1.82) is 0 Å². The molecule has 0 fully saturated rings. The first kappa shape index (κ1) is 18.1. The Kier molecular flexibility index (Phi) is 4.48. The maximum Gasteiger partial charge on any atom is 0.257 e. The van der Waals surface area contributed by atoms with Crippen LogP contribution in [-0.2, 0) is 13.0 Å². The predicted octanol–water partition coefficient (Wildman–Crippen LogP) is 4.44. The van der Waals surface area contributed by atoms with Gasteiger partial charge in [-0.1, -0.05) is 37.3 Å². The summed E-state index contributed by atoms with van der Waals surface area (Å²) >= 11 is 0. The molecule has 0 spiro atoms. The van der Waals surface area contributed by atoms with Gasteiger partial charge in [-0.15, -0.1) is 0 Å². The monoisotopic (exact) mass is 397 g/mol. The molecular formula is C23H19N5O2. The van der Waals surface area contributed by atoms with Crippen molar-refractivity contribution in [2.75, 3.05) is 5.32 Å². The normalized spacial score (nSPS) is 11.2. The summed E-state index contributed by atoms with van der Waals surface area (Å²) in [5.41, 5.74) is 4.44. The molecule has 30 heavy (non-hydrogen) atoms. The molecule has 0 saturated heterocycles. The number of carbonyl (C=O) groups is 1. The van der Waals surface area contributed by atoms with Crippen LogP contribution in [-0.4, -0.2) is 25.7 Å². The molecule has 3 heterocycles. The first-order valence-corrected chi connectivity index (χ1v) is 9.76. The number of carbonyl (C=O) groups excluding carboxylic acids is 1. The molecule has 5 aromatic rings. The van der Waals surface area contributed by atoms with Crippen LogP contribution in [0.2, 0.25) is 0 Å². The highest BCUT2D eigenvalue weighted by molar-refractivity contribution is 6.06. The summed E-state index contributed by atoms with van der Waals surface area (Å²) in [4.78, 5) is 21.6. The topological polar surface area (TPSA) is 85.8 Å². The summed E-state index contributed by atoms with van der Waals surface area (Å²) in [6, 6.07) is 17.3. The Labute approximate surface area is 172 Å². The average molecular weight is 397 g/mol. The van der Waals surface area contributed by atoms with Gasteiger partial charge in [-0.2, -0.15) is 5.10 Å². The van der Waals surface area contributed by atoms with Crippen LogP contribution in [0, 0.1) is 0 Å². The number of rotatable bonds is 5. The second-order valence-electron chi connectivity index (χ2n) is 7.02. The van der Waals surface area contributed by atoms with Gasteiger partial charge in [0, 0.05) is 23.7 Å². The highest BCUT2D eigenvalue weighted by Gasteiger charge is 2.12. The minimum atomic E-state index is -0.237. The van der Waals surface area contributed by atoms with Crippen LogP contribution in [0.5, 0.6) is 0 Å². The summed E-state index contributed by atoms with van der Waals surface area (Å²) in [6.07, 6.45) is 4.03. The number of anilines is 1. The highest BCUT2D eigenvalue weighted by Crippen LogP contribution is 2.21. The minimum Gasteiger partial charge on any atom is -0.441 e. The van der Waals surface area contributed by atoms with Gasteiger partial charge in [0.25, 0.3) is 5.91 Å². The van der Waals surface area contributed by atoms with Gasteiger partial charge < -0.3 is 9.73 Å². The zero-order valence-electron chi connectivity index (χ0n) is 16.4. The Bertz CT molecular complexity index is 1350. The van der Waals surface area contributed by atoms with Gasteiger partial charge in [-0.3, -0.25) is 4.79 Å². The van der Waals surface area contributed by atoms with Crippen molar-refractivity contribution in [3.63, 3.8) is 0 Å². The molecule has 0 saturated carbocycles. The third kappa shape index (κ3) is 3.41. The van der Waals surface area contributed by atoms with Crippen LogP contribution in [0.4, 0.5) is 5.69 Å². The first-order chi connectivity index (χ1) is 14.7. The van der Waals surface area contributed by atoms with Gasteiger partial charge in [-0.25, -0.2) is 14.6 Å². The van der Waals surface area contributed by atoms with Crippen molar-refractivity contribution in [2.45, 2.75) is 19.9 Å². The van der Waals surface area contributed by atoms with Crippen molar-refractivity contribution in [3.05, 3.63) is 84.0 Å². The second kappa shape index (κ2) is 7.44. The van der Waals surface area contributed by atoms with Crippen LogP contribution >= 0.6 is 0 Å². The maximum atomic E-state index is 12.7. The maximum absolute atomic E-state index is 12.7. The molecule has 1 N–H and O–H groups in total. The van der Waals surface area contributed by atoms with Gasteiger partial charge in [0.1, 0.15) is 5.52 Å². The number of nitrogens with zero attached hydrogens (tertiary/aromatic N) is 4. The number of hydrogen-bond acceptors (Lipinski definition) is 5. The zero-order chi connectivity index (χ0) is 20.5. The van der Waals surface area contributed by atoms with E-state index in [4.69, 9.17) is 4.42 Å². The van der Waals surface area contributed by atoms with Crippen molar-refractivity contribution in [1.82, 2.24) is 19.7 Å². The number of amides is 1. The Morgan fingerprint density at radius 2 is 1.97 bits per heavy atom. The van der Waals surface area contributed by atoms with Crippen molar-refractivity contribution >= 4 is 33.7 Å². The molecule has 7 nitrogen and oxygen atoms in total. The van der Waals surface area contributed by atoms with Crippen LogP contribution < -0.4 is 5.32 Å². The van der Waals surface area contributed by atoms with Gasteiger partial charge in [0.05, 0.1) is 18.3 Å². The van der Waals surface area contributed by atoms with Crippen LogP contribution in [0.15, 0.2) is 71.4 Å². The molecule has 0 aliphatic heterocycles. The molecule has 1 amide bonds. The zero-order valence-corrected chi connectivity index (χ0v) is 16.4. The van der Waals surface area contributed by atoms with Crippen molar-refractivity contribution < 1.29 is 9.21 Å². The van der Waals surface area contributed by atoms with Gasteiger partial charge in [0.2, 0.25) is 0 Å². The number of fused-ring (bicyclic) bond motifs is 2. The predicted molar refractivity (Wildman–Crippen MR) is 114 cm³/mol. The summed E-state index contributed by atoms with van der Waals surface area (Å²) in [7, 11) is 0. The van der Waals surface area contributed by atoms with Gasteiger partial charge >= 0.3 is 0 Å². The SMILES string of the molecule is CCc1nc2cc(NC(=O)c3cnc4c(cnn4Cc4ccccc4)c3)ccc2o1. The van der Waals surface area contributed by atoms with E-state index in [1.54, 1.807) is 30.6 Å². The van der Waals surface area contributed by atoms with E-state index in [0.717, 1.165) is 28.5 Å². The third-order valence-corrected chi connectivity index (χ3v) is 4.91. The number of hydrogen-bond donors (Lipinski definition) is 1. The average Bonchev–Trinajstić information content (AvgIpc) is 3.37. The van der Waals surface area contributed by atoms with Crippen LogP contribution in [0.3, 0.4) is 0 Å². The Balaban J connectivity index is 1.37. The molecule has 2 aromatic carbocycles. The van der Waals surface area contributed by atoms with E-state index in [1.807, 2.05) is 48.0 Å². The molecular weight excluding hydrogens is 378 g/mol. The van der Waals surface area contributed by atoms with E-state index in [0.29, 0.717) is 29.3 Å². The van der Waals surface area contributed by atoms with E-state index < -0.39 is 0 Å². The van der Waals surface area contributed by atoms with E-state index in [-0.39, 0.29) is 5.91 Å². The minimum absolute atomic E-state index is 0.237. The van der Waals surface area contributed by atoms with Crippen molar-refractivity contribution in [3.8, 4) is 0 Å². The van der Waals surface area contributed by atoms with E-state index in [2.05, 4.69) is 20.4 Å². The molecule has 0 bridgehead atoms. The lowest BCUT2D eigenvalue weighted by atomic mass is 10.2. The van der Waals surface area contributed by atoms with E-state index in [9.17, 15) is 4.79 Å². The second-order valence-corrected chi connectivity index (χ2v) is 7.02. The Morgan fingerprint density at radius 1 is 1.10 bits per heavy atom. The first-order valence-electron chi connectivity index (χ1n) is 9.76. The highest BCUT2D eigenvalue weighted by atomic mass is 16.3. The fourth-order valence-electron chi connectivity index (χ4n) is 3.38. The molecule has 7 heteroatoms. The lowest BCUT2D eigenvalue weighted by Gasteiger charge is -2.06. The number of aromatic nitrogens is 4. The number of aryl methyl sites for hydroxylation is 1. The molecule has 5 rings (SSSR count). The molecule has 148 valence electrons. The number of pyridine rings is 1. The smallest absolute Gasteiger partial charge is 0.257 e. The molecule has 0 unspecified atom stereocenters. The van der Waals surface area contributed by atoms with Crippen LogP contribution in [0.1, 0.15) is 28.7 Å².